The second-order valence-electron chi connectivity index (χ2n) is 5.46. The fourth-order valence-corrected chi connectivity index (χ4v) is 3.32. The van der Waals surface area contributed by atoms with Gasteiger partial charge >= 0.3 is 12.0 Å². The van der Waals surface area contributed by atoms with Gasteiger partial charge in [-0.25, -0.2) is 14.6 Å². The summed E-state index contributed by atoms with van der Waals surface area (Å²) in [5.74, 6) is -0.878. The van der Waals surface area contributed by atoms with E-state index in [0.29, 0.717) is 11.3 Å². The first-order valence-corrected chi connectivity index (χ1v) is 8.04. The van der Waals surface area contributed by atoms with Crippen LogP contribution in [0, 0.1) is 0 Å². The summed E-state index contributed by atoms with van der Waals surface area (Å²) >= 11 is 12.4. The molecule has 1 unspecified atom stereocenters. The summed E-state index contributed by atoms with van der Waals surface area (Å²) in [6.07, 6.45) is -0.0911. The van der Waals surface area contributed by atoms with Gasteiger partial charge in [0, 0.05) is 5.56 Å². The van der Waals surface area contributed by atoms with Gasteiger partial charge in [-0.1, -0.05) is 35.3 Å². The zero-order valence-electron chi connectivity index (χ0n) is 13.3. The number of halogens is 2. The number of nitrogens with zero attached hydrogens (tertiary/aromatic N) is 2. The minimum absolute atomic E-state index is 0.0911. The van der Waals surface area contributed by atoms with Crippen LogP contribution in [0.4, 0.5) is 4.79 Å². The highest BCUT2D eigenvalue weighted by Gasteiger charge is 2.43. The van der Waals surface area contributed by atoms with Gasteiger partial charge < -0.3 is 4.74 Å². The summed E-state index contributed by atoms with van der Waals surface area (Å²) in [4.78, 5) is 42.0. The number of methoxy groups -OCH3 is 1. The lowest BCUT2D eigenvalue weighted by Crippen LogP contribution is -2.55. The standard InChI is InChI=1S/C16H13Cl2N3O4/c1-7-12(15(23)25-2)14(8-4-3-5-9(17)13(8)18)21-10(19-7)6-11(22)20-16(21)24/h3-5,14H,6H2,1-2H3,(H,20,22,24). The van der Waals surface area contributed by atoms with E-state index in [0.717, 1.165) is 0 Å². The lowest BCUT2D eigenvalue weighted by atomic mass is 9.93. The molecule has 2 aliphatic heterocycles. The highest BCUT2D eigenvalue weighted by Crippen LogP contribution is 2.41. The second kappa shape index (κ2) is 6.50. The third kappa shape index (κ3) is 2.89. The first kappa shape index (κ1) is 17.4. The molecule has 2 aliphatic rings. The molecule has 1 atom stereocenters. The quantitative estimate of drug-likeness (QED) is 0.797. The molecule has 0 aromatic heterocycles. The van der Waals surface area contributed by atoms with Crippen LogP contribution in [-0.2, 0) is 14.3 Å². The molecular formula is C16H13Cl2N3O4. The van der Waals surface area contributed by atoms with Gasteiger partial charge in [-0.05, 0) is 13.0 Å². The number of rotatable bonds is 2. The monoisotopic (exact) mass is 381 g/mol. The number of benzene rings is 1. The van der Waals surface area contributed by atoms with Crippen LogP contribution in [0.25, 0.3) is 0 Å². The van der Waals surface area contributed by atoms with E-state index in [-0.39, 0.29) is 27.9 Å². The number of fused-ring (bicyclic) bond motifs is 1. The van der Waals surface area contributed by atoms with E-state index in [9.17, 15) is 14.4 Å². The number of amides is 3. The molecule has 0 aliphatic carbocycles. The third-order valence-corrected chi connectivity index (χ3v) is 4.79. The number of esters is 1. The van der Waals surface area contributed by atoms with Crippen LogP contribution in [0.15, 0.2) is 34.5 Å². The van der Waals surface area contributed by atoms with Crippen molar-refractivity contribution < 1.29 is 19.1 Å². The first-order chi connectivity index (χ1) is 11.8. The van der Waals surface area contributed by atoms with Gasteiger partial charge in [0.2, 0.25) is 5.91 Å². The fourth-order valence-electron chi connectivity index (χ4n) is 2.91. The predicted molar refractivity (Wildman–Crippen MR) is 91.3 cm³/mol. The van der Waals surface area contributed by atoms with Gasteiger partial charge in [0.05, 0.1) is 34.8 Å². The number of hydrogen-bond donors (Lipinski definition) is 1. The van der Waals surface area contributed by atoms with Crippen LogP contribution < -0.4 is 5.32 Å². The van der Waals surface area contributed by atoms with E-state index in [1.54, 1.807) is 25.1 Å². The molecule has 7 nitrogen and oxygen atoms in total. The number of carbonyl (C=O) groups excluding carboxylic acids is 3. The molecule has 1 aromatic carbocycles. The van der Waals surface area contributed by atoms with Crippen molar-refractivity contribution in [2.24, 2.45) is 4.99 Å². The van der Waals surface area contributed by atoms with Crippen molar-refractivity contribution in [3.63, 3.8) is 0 Å². The van der Waals surface area contributed by atoms with Crippen molar-refractivity contribution in [3.05, 3.63) is 45.1 Å². The number of imide groups is 1. The zero-order valence-corrected chi connectivity index (χ0v) is 14.8. The van der Waals surface area contributed by atoms with Gasteiger partial charge in [0.25, 0.3) is 0 Å². The predicted octanol–water partition coefficient (Wildman–Crippen LogP) is 2.84. The van der Waals surface area contributed by atoms with E-state index in [2.05, 4.69) is 10.3 Å². The van der Waals surface area contributed by atoms with Crippen LogP contribution in [-0.4, -0.2) is 35.8 Å². The smallest absolute Gasteiger partial charge is 0.338 e. The molecule has 1 fully saturated rings. The van der Waals surface area contributed by atoms with E-state index in [1.165, 1.54) is 12.0 Å². The fraction of sp³-hybridized carbons (Fsp3) is 0.250. The summed E-state index contributed by atoms with van der Waals surface area (Å²) in [7, 11) is 1.23. The molecule has 0 saturated carbocycles. The average molecular weight is 382 g/mol. The second-order valence-corrected chi connectivity index (χ2v) is 6.25. The van der Waals surface area contributed by atoms with Crippen molar-refractivity contribution in [1.82, 2.24) is 10.2 Å². The molecule has 3 rings (SSSR count). The molecule has 3 amide bonds. The van der Waals surface area contributed by atoms with Crippen LogP contribution in [0.3, 0.4) is 0 Å². The Hall–Kier alpha value is -2.38. The van der Waals surface area contributed by atoms with Crippen molar-refractivity contribution in [1.29, 1.82) is 0 Å². The van der Waals surface area contributed by atoms with Crippen LogP contribution in [0.2, 0.25) is 10.0 Å². The summed E-state index contributed by atoms with van der Waals surface area (Å²) in [6, 6.07) is 3.32. The molecule has 0 bridgehead atoms. The Balaban J connectivity index is 2.25. The number of ether oxygens (including phenoxy) is 1. The number of carbonyl (C=O) groups is 3. The third-order valence-electron chi connectivity index (χ3n) is 3.96. The summed E-state index contributed by atoms with van der Waals surface area (Å²) in [5, 5.41) is 2.70. The van der Waals surface area contributed by atoms with Gasteiger partial charge in [-0.15, -0.1) is 0 Å². The Kier molecular flexibility index (Phi) is 4.53. The Morgan fingerprint density at radius 2 is 2.08 bits per heavy atom. The lowest BCUT2D eigenvalue weighted by Gasteiger charge is -2.39. The maximum atomic E-state index is 12.4. The first-order valence-electron chi connectivity index (χ1n) is 7.28. The van der Waals surface area contributed by atoms with Crippen molar-refractivity contribution in [2.45, 2.75) is 19.4 Å². The van der Waals surface area contributed by atoms with Gasteiger partial charge in [-0.3, -0.25) is 15.0 Å². The minimum atomic E-state index is -0.903. The number of hydrogen-bond acceptors (Lipinski definition) is 5. The number of nitrogens with one attached hydrogen (secondary N) is 1. The topological polar surface area (TPSA) is 88.1 Å². The van der Waals surface area contributed by atoms with Crippen molar-refractivity contribution in [2.75, 3.05) is 7.11 Å². The Morgan fingerprint density at radius 1 is 1.36 bits per heavy atom. The molecule has 0 spiro atoms. The molecule has 130 valence electrons. The maximum absolute atomic E-state index is 12.4. The molecule has 1 N–H and O–H groups in total. The largest absolute Gasteiger partial charge is 0.466 e. The molecule has 1 saturated heterocycles. The summed E-state index contributed by atoms with van der Waals surface area (Å²) in [5.41, 5.74) is 0.937. The highest BCUT2D eigenvalue weighted by atomic mass is 35.5. The molecule has 0 radical (unpaired) electrons. The van der Waals surface area contributed by atoms with Gasteiger partial charge in [-0.2, -0.15) is 0 Å². The zero-order chi connectivity index (χ0) is 18.3. The molecule has 2 heterocycles. The van der Waals surface area contributed by atoms with Crippen LogP contribution in [0.5, 0.6) is 0 Å². The van der Waals surface area contributed by atoms with Crippen molar-refractivity contribution >= 4 is 46.9 Å². The van der Waals surface area contributed by atoms with E-state index in [1.807, 2.05) is 0 Å². The highest BCUT2D eigenvalue weighted by molar-refractivity contribution is 6.42. The van der Waals surface area contributed by atoms with Crippen LogP contribution in [0.1, 0.15) is 24.9 Å². The molecule has 9 heteroatoms. The lowest BCUT2D eigenvalue weighted by molar-refractivity contribution is -0.136. The Bertz CT molecular complexity index is 863. The molecule has 1 aromatic rings. The van der Waals surface area contributed by atoms with E-state index in [4.69, 9.17) is 27.9 Å². The van der Waals surface area contributed by atoms with Gasteiger partial charge in [0.1, 0.15) is 11.9 Å². The van der Waals surface area contributed by atoms with E-state index >= 15 is 0 Å². The number of amidine groups is 1. The SMILES string of the molecule is COC(=O)C1=C(C)N=C2CC(=O)NC(=O)N2C1c1cccc(Cl)c1Cl. The van der Waals surface area contributed by atoms with Gasteiger partial charge in [0.15, 0.2) is 0 Å². The Morgan fingerprint density at radius 3 is 2.76 bits per heavy atom. The number of urea groups is 1. The molecule has 25 heavy (non-hydrogen) atoms. The van der Waals surface area contributed by atoms with E-state index < -0.39 is 23.9 Å². The van der Waals surface area contributed by atoms with Crippen molar-refractivity contribution in [3.8, 4) is 0 Å². The summed E-state index contributed by atoms with van der Waals surface area (Å²) in [6.45, 7) is 1.61. The maximum Gasteiger partial charge on any atom is 0.338 e. The number of aliphatic imine (C=N–C) groups is 1. The normalized spacial score (nSPS) is 20.1. The average Bonchev–Trinajstić information content (AvgIpc) is 2.55. The number of allylic oxidation sites excluding steroid dienone is 1. The minimum Gasteiger partial charge on any atom is -0.466 e. The van der Waals surface area contributed by atoms with Crippen LogP contribution >= 0.6 is 23.2 Å². The molecular weight excluding hydrogens is 369 g/mol. The summed E-state index contributed by atoms with van der Waals surface area (Å²) < 4.78 is 4.85. The Labute approximate surface area is 153 Å².